The van der Waals surface area contributed by atoms with Crippen molar-refractivity contribution in [2.45, 2.75) is 0 Å². The second kappa shape index (κ2) is 15.5. The third-order valence-electron chi connectivity index (χ3n) is 13.4. The van der Waals surface area contributed by atoms with E-state index in [0.717, 1.165) is 55.7 Å². The minimum Gasteiger partial charge on any atom is -0.456 e. The van der Waals surface area contributed by atoms with Crippen LogP contribution in [0.15, 0.2) is 253 Å². The number of benzene rings is 12. The van der Waals surface area contributed by atoms with Crippen LogP contribution in [0.25, 0.3) is 110 Å². The Morgan fingerprint density at radius 2 is 0.758 bits per heavy atom. The Hall–Kier alpha value is -8.72. The smallest absolute Gasteiger partial charge is 0.136 e. The average molecular weight is 840 g/mol. The zero-order valence-electron chi connectivity index (χ0n) is 36.0. The molecular weight excluding hydrogens is 799 g/mol. The molecule has 12 aromatic carbocycles. The van der Waals surface area contributed by atoms with E-state index in [9.17, 15) is 0 Å². The van der Waals surface area contributed by atoms with E-state index in [1.807, 2.05) is 0 Å². The lowest BCUT2D eigenvalue weighted by Gasteiger charge is -2.28. The number of rotatable bonds is 7. The van der Waals surface area contributed by atoms with Crippen LogP contribution in [0, 0.1) is 0 Å². The van der Waals surface area contributed by atoms with Gasteiger partial charge in [0.05, 0.1) is 5.69 Å². The molecule has 1 heterocycles. The van der Waals surface area contributed by atoms with E-state index < -0.39 is 0 Å². The van der Waals surface area contributed by atoms with Crippen molar-refractivity contribution in [1.29, 1.82) is 0 Å². The van der Waals surface area contributed by atoms with Gasteiger partial charge in [-0.05, 0) is 137 Å². The molecule has 13 rings (SSSR count). The monoisotopic (exact) mass is 839 g/mol. The van der Waals surface area contributed by atoms with Gasteiger partial charge >= 0.3 is 0 Å². The van der Waals surface area contributed by atoms with Crippen LogP contribution in [0.4, 0.5) is 17.1 Å². The Morgan fingerprint density at radius 1 is 0.258 bits per heavy atom. The van der Waals surface area contributed by atoms with Gasteiger partial charge in [0, 0.05) is 27.7 Å². The molecule has 0 amide bonds. The summed E-state index contributed by atoms with van der Waals surface area (Å²) in [5.41, 5.74) is 14.4. The summed E-state index contributed by atoms with van der Waals surface area (Å²) in [6.07, 6.45) is 0. The van der Waals surface area contributed by atoms with Crippen molar-refractivity contribution in [3.8, 4) is 44.5 Å². The Bertz CT molecular complexity index is 3970. The summed E-state index contributed by atoms with van der Waals surface area (Å²) in [7, 11) is 0. The molecule has 0 saturated carbocycles. The van der Waals surface area contributed by atoms with E-state index in [1.165, 1.54) is 70.9 Å². The second-order valence-electron chi connectivity index (χ2n) is 17.2. The maximum Gasteiger partial charge on any atom is 0.136 e. The second-order valence-corrected chi connectivity index (χ2v) is 17.2. The highest BCUT2D eigenvalue weighted by Crippen LogP contribution is 2.46. The van der Waals surface area contributed by atoms with Crippen molar-refractivity contribution in [2.24, 2.45) is 0 Å². The third kappa shape index (κ3) is 6.34. The fourth-order valence-corrected chi connectivity index (χ4v) is 10.3. The molecule has 0 aliphatic carbocycles. The van der Waals surface area contributed by atoms with E-state index in [4.69, 9.17) is 4.42 Å². The molecule has 0 atom stereocenters. The minimum atomic E-state index is 0.877. The predicted octanol–water partition coefficient (Wildman–Crippen LogP) is 18.3. The molecule has 1 aromatic heterocycles. The quantitative estimate of drug-likeness (QED) is 0.149. The maximum atomic E-state index is 6.60. The summed E-state index contributed by atoms with van der Waals surface area (Å²) < 4.78 is 6.60. The zero-order valence-corrected chi connectivity index (χ0v) is 36.0. The number of furan rings is 1. The lowest BCUT2D eigenvalue weighted by molar-refractivity contribution is 0.669. The number of hydrogen-bond acceptors (Lipinski definition) is 2. The molecule has 0 N–H and O–H groups in total. The van der Waals surface area contributed by atoms with Gasteiger partial charge in [0.25, 0.3) is 0 Å². The molecular formula is C64H41NO. The molecule has 13 aromatic rings. The van der Waals surface area contributed by atoms with E-state index in [-0.39, 0.29) is 0 Å². The van der Waals surface area contributed by atoms with Crippen LogP contribution in [0.1, 0.15) is 0 Å². The topological polar surface area (TPSA) is 16.4 Å². The molecule has 0 bridgehead atoms. The number of nitrogens with zero attached hydrogens (tertiary/aromatic N) is 1. The molecule has 0 aliphatic rings. The maximum absolute atomic E-state index is 6.60. The normalized spacial score (nSPS) is 11.6. The standard InChI is InChI=1S/C64H41NO/c1-2-15-48-41-63-60(39-47(48)14-1)64-58(24-12-26-62(64)66-63)57-22-9-10-25-61(57)65(51-37-33-46(34-38-51)59-40-49-16-4-6-19-54(49)55-20-7-8-21-56(55)59)50-35-31-43(32-36-50)42-27-29-45(30-28-42)53-23-11-17-44-13-3-5-18-52(44)53/h1-41H. The van der Waals surface area contributed by atoms with Gasteiger partial charge in [0.2, 0.25) is 0 Å². The Kier molecular flexibility index (Phi) is 8.89. The van der Waals surface area contributed by atoms with Gasteiger partial charge in [-0.2, -0.15) is 0 Å². The molecule has 0 radical (unpaired) electrons. The molecule has 0 aliphatic heterocycles. The molecule has 2 nitrogen and oxygen atoms in total. The van der Waals surface area contributed by atoms with Gasteiger partial charge < -0.3 is 9.32 Å². The fourth-order valence-electron chi connectivity index (χ4n) is 10.3. The van der Waals surface area contributed by atoms with Crippen LogP contribution in [0.5, 0.6) is 0 Å². The van der Waals surface area contributed by atoms with Crippen LogP contribution < -0.4 is 4.90 Å². The van der Waals surface area contributed by atoms with E-state index in [0.29, 0.717) is 0 Å². The minimum absolute atomic E-state index is 0.877. The Balaban J connectivity index is 0.945. The SMILES string of the molecule is c1ccc(N(c2ccc(-c3ccc(-c4cccc5ccccc45)cc3)cc2)c2ccc(-c3cc4ccccc4c4ccccc34)cc2)c(-c2cccc3oc4cc5ccccc5cc4c23)c1. The summed E-state index contributed by atoms with van der Waals surface area (Å²) in [6.45, 7) is 0. The summed E-state index contributed by atoms with van der Waals surface area (Å²) in [5.74, 6) is 0. The van der Waals surface area contributed by atoms with E-state index >= 15 is 0 Å². The highest BCUT2D eigenvalue weighted by Gasteiger charge is 2.21. The van der Waals surface area contributed by atoms with Crippen molar-refractivity contribution in [3.63, 3.8) is 0 Å². The van der Waals surface area contributed by atoms with Crippen LogP contribution >= 0.6 is 0 Å². The largest absolute Gasteiger partial charge is 0.456 e. The summed E-state index contributed by atoms with van der Waals surface area (Å²) in [4.78, 5) is 2.40. The first-order chi connectivity index (χ1) is 32.7. The highest BCUT2D eigenvalue weighted by molar-refractivity contribution is 6.17. The molecule has 0 saturated heterocycles. The van der Waals surface area contributed by atoms with Crippen LogP contribution in [-0.2, 0) is 0 Å². The average Bonchev–Trinajstić information content (AvgIpc) is 3.76. The number of para-hydroxylation sites is 1. The van der Waals surface area contributed by atoms with Crippen LogP contribution in [0.3, 0.4) is 0 Å². The molecule has 0 fully saturated rings. The van der Waals surface area contributed by atoms with Crippen molar-refractivity contribution >= 4 is 82.1 Å². The summed E-state index contributed by atoms with van der Waals surface area (Å²) in [5, 5.41) is 12.1. The predicted molar refractivity (Wildman–Crippen MR) is 280 cm³/mol. The fraction of sp³-hybridized carbons (Fsp3) is 0. The van der Waals surface area contributed by atoms with Gasteiger partial charge in [-0.3, -0.25) is 0 Å². The Morgan fingerprint density at radius 3 is 1.52 bits per heavy atom. The number of anilines is 3. The first-order valence-electron chi connectivity index (χ1n) is 22.7. The molecule has 2 heteroatoms. The molecule has 66 heavy (non-hydrogen) atoms. The van der Waals surface area contributed by atoms with Gasteiger partial charge in [-0.15, -0.1) is 0 Å². The van der Waals surface area contributed by atoms with Gasteiger partial charge in [-0.1, -0.05) is 194 Å². The van der Waals surface area contributed by atoms with E-state index in [1.54, 1.807) is 0 Å². The third-order valence-corrected chi connectivity index (χ3v) is 13.4. The van der Waals surface area contributed by atoms with Crippen molar-refractivity contribution in [2.75, 3.05) is 4.90 Å². The van der Waals surface area contributed by atoms with Crippen molar-refractivity contribution in [3.05, 3.63) is 249 Å². The lowest BCUT2D eigenvalue weighted by atomic mass is 9.93. The molecule has 0 unspecified atom stereocenters. The Labute approximate surface area is 382 Å². The van der Waals surface area contributed by atoms with Crippen molar-refractivity contribution in [1.82, 2.24) is 0 Å². The van der Waals surface area contributed by atoms with Crippen LogP contribution in [-0.4, -0.2) is 0 Å². The number of hydrogen-bond donors (Lipinski definition) is 0. The van der Waals surface area contributed by atoms with Gasteiger partial charge in [-0.25, -0.2) is 0 Å². The zero-order chi connectivity index (χ0) is 43.6. The molecule has 308 valence electrons. The van der Waals surface area contributed by atoms with Crippen LogP contribution in [0.2, 0.25) is 0 Å². The summed E-state index contributed by atoms with van der Waals surface area (Å²) >= 11 is 0. The highest BCUT2D eigenvalue weighted by atomic mass is 16.3. The lowest BCUT2D eigenvalue weighted by Crippen LogP contribution is -2.11. The summed E-state index contributed by atoms with van der Waals surface area (Å²) in [6, 6.07) is 90.3. The first kappa shape index (κ1) is 37.8. The van der Waals surface area contributed by atoms with Gasteiger partial charge in [0.15, 0.2) is 0 Å². The number of fused-ring (bicyclic) bond motifs is 8. The molecule has 0 spiro atoms. The van der Waals surface area contributed by atoms with Crippen molar-refractivity contribution < 1.29 is 4.42 Å². The van der Waals surface area contributed by atoms with E-state index in [2.05, 4.69) is 254 Å². The van der Waals surface area contributed by atoms with Gasteiger partial charge in [0.1, 0.15) is 11.2 Å². The first-order valence-corrected chi connectivity index (χ1v) is 22.7.